The molecule has 1 aromatic carbocycles. The van der Waals surface area contributed by atoms with Crippen molar-refractivity contribution in [1.29, 1.82) is 0 Å². The van der Waals surface area contributed by atoms with Gasteiger partial charge in [0.1, 0.15) is 16.6 Å². The Kier molecular flexibility index (Phi) is 2.52. The lowest BCUT2D eigenvalue weighted by molar-refractivity contribution is 0.589. The van der Waals surface area contributed by atoms with Crippen LogP contribution >= 0.6 is 11.3 Å². The maximum atomic E-state index is 13.4. The summed E-state index contributed by atoms with van der Waals surface area (Å²) in [5.74, 6) is -1.13. The molecule has 1 nitrogen and oxygen atoms in total. The average Bonchev–Trinajstić information content (AvgIpc) is 2.46. The third-order valence-electron chi connectivity index (χ3n) is 2.21. The number of aromatic nitrogens is 1. The van der Waals surface area contributed by atoms with E-state index in [4.69, 9.17) is 0 Å². The summed E-state index contributed by atoms with van der Waals surface area (Å²) in [5.41, 5.74) is 0.788. The first-order valence-electron chi connectivity index (χ1n) is 4.48. The van der Waals surface area contributed by atoms with Crippen molar-refractivity contribution in [3.05, 3.63) is 40.4 Å². The second-order valence-corrected chi connectivity index (χ2v) is 4.46. The molecule has 0 N–H and O–H groups in total. The monoisotopic (exact) mass is 225 g/mol. The fraction of sp³-hybridized carbons (Fsp3) is 0.182. The van der Waals surface area contributed by atoms with Crippen LogP contribution in [0.15, 0.2) is 18.2 Å². The molecule has 0 amide bonds. The predicted octanol–water partition coefficient (Wildman–Crippen LogP) is 3.71. The first kappa shape index (κ1) is 10.2. The highest BCUT2D eigenvalue weighted by atomic mass is 32.1. The van der Waals surface area contributed by atoms with E-state index in [0.29, 0.717) is 5.01 Å². The van der Waals surface area contributed by atoms with Gasteiger partial charge in [-0.25, -0.2) is 13.8 Å². The number of rotatable bonds is 1. The summed E-state index contributed by atoms with van der Waals surface area (Å²) in [5, 5.41) is 0.403. The number of benzene rings is 1. The fourth-order valence-corrected chi connectivity index (χ4v) is 2.24. The zero-order valence-electron chi connectivity index (χ0n) is 8.34. The quantitative estimate of drug-likeness (QED) is 0.721. The van der Waals surface area contributed by atoms with Crippen LogP contribution in [0.2, 0.25) is 0 Å². The molecule has 0 atom stereocenters. The van der Waals surface area contributed by atoms with Crippen molar-refractivity contribution >= 4 is 11.3 Å². The largest absolute Gasteiger partial charge is 0.241 e. The van der Waals surface area contributed by atoms with E-state index in [9.17, 15) is 8.78 Å². The van der Waals surface area contributed by atoms with Crippen molar-refractivity contribution in [2.45, 2.75) is 13.8 Å². The van der Waals surface area contributed by atoms with E-state index < -0.39 is 11.6 Å². The molecule has 0 unspecified atom stereocenters. The SMILES string of the molecule is Cc1nc(-c2c(F)cccc2F)sc1C. The van der Waals surface area contributed by atoms with Gasteiger partial charge in [0.2, 0.25) is 0 Å². The van der Waals surface area contributed by atoms with Crippen molar-refractivity contribution in [1.82, 2.24) is 4.98 Å². The smallest absolute Gasteiger partial charge is 0.136 e. The van der Waals surface area contributed by atoms with E-state index >= 15 is 0 Å². The molecule has 1 heterocycles. The topological polar surface area (TPSA) is 12.9 Å². The molecule has 0 saturated carbocycles. The molecule has 0 saturated heterocycles. The molecular weight excluding hydrogens is 216 g/mol. The van der Waals surface area contributed by atoms with Crippen LogP contribution in [-0.4, -0.2) is 4.98 Å². The fourth-order valence-electron chi connectivity index (χ4n) is 1.28. The van der Waals surface area contributed by atoms with E-state index in [2.05, 4.69) is 4.98 Å². The Morgan fingerprint density at radius 3 is 2.20 bits per heavy atom. The Hall–Kier alpha value is -1.29. The van der Waals surface area contributed by atoms with E-state index in [0.717, 1.165) is 10.6 Å². The number of aryl methyl sites for hydroxylation is 2. The van der Waals surface area contributed by atoms with Crippen LogP contribution in [0.4, 0.5) is 8.78 Å². The van der Waals surface area contributed by atoms with Crippen molar-refractivity contribution in [3.63, 3.8) is 0 Å². The summed E-state index contributed by atoms with van der Waals surface area (Å²) >= 11 is 1.30. The van der Waals surface area contributed by atoms with E-state index in [1.807, 2.05) is 13.8 Å². The molecule has 2 aromatic rings. The zero-order valence-corrected chi connectivity index (χ0v) is 9.16. The molecule has 78 valence electrons. The lowest BCUT2D eigenvalue weighted by atomic mass is 10.2. The van der Waals surface area contributed by atoms with Gasteiger partial charge in [-0.15, -0.1) is 11.3 Å². The second-order valence-electron chi connectivity index (χ2n) is 3.26. The van der Waals surface area contributed by atoms with Crippen LogP contribution in [0.1, 0.15) is 10.6 Å². The molecule has 15 heavy (non-hydrogen) atoms. The highest BCUT2D eigenvalue weighted by molar-refractivity contribution is 7.15. The van der Waals surface area contributed by atoms with Gasteiger partial charge in [-0.3, -0.25) is 0 Å². The molecule has 0 radical (unpaired) electrons. The van der Waals surface area contributed by atoms with Crippen molar-refractivity contribution in [3.8, 4) is 10.6 Å². The third-order valence-corrected chi connectivity index (χ3v) is 3.30. The Labute approximate surface area is 90.4 Å². The molecule has 0 spiro atoms. The summed E-state index contributed by atoms with van der Waals surface area (Å²) in [7, 11) is 0. The Morgan fingerprint density at radius 1 is 1.13 bits per heavy atom. The average molecular weight is 225 g/mol. The first-order valence-corrected chi connectivity index (χ1v) is 5.29. The molecular formula is C11H9F2NS. The number of nitrogens with zero attached hydrogens (tertiary/aromatic N) is 1. The van der Waals surface area contributed by atoms with Crippen LogP contribution in [0.25, 0.3) is 10.6 Å². The van der Waals surface area contributed by atoms with Crippen LogP contribution in [0, 0.1) is 25.5 Å². The van der Waals surface area contributed by atoms with Crippen LogP contribution in [0.3, 0.4) is 0 Å². The van der Waals surface area contributed by atoms with Gasteiger partial charge >= 0.3 is 0 Å². The van der Waals surface area contributed by atoms with E-state index in [-0.39, 0.29) is 5.56 Å². The molecule has 2 rings (SSSR count). The lowest BCUT2D eigenvalue weighted by Gasteiger charge is -1.99. The van der Waals surface area contributed by atoms with Gasteiger partial charge in [-0.2, -0.15) is 0 Å². The highest BCUT2D eigenvalue weighted by Gasteiger charge is 2.15. The van der Waals surface area contributed by atoms with Crippen LogP contribution in [0.5, 0.6) is 0 Å². The Morgan fingerprint density at radius 2 is 1.73 bits per heavy atom. The predicted molar refractivity (Wildman–Crippen MR) is 56.9 cm³/mol. The molecule has 0 aliphatic carbocycles. The number of hydrogen-bond donors (Lipinski definition) is 0. The second kappa shape index (κ2) is 3.70. The maximum absolute atomic E-state index is 13.4. The summed E-state index contributed by atoms with van der Waals surface area (Å²) in [4.78, 5) is 5.12. The van der Waals surface area contributed by atoms with Gasteiger partial charge in [0.15, 0.2) is 0 Å². The molecule has 4 heteroatoms. The molecule has 1 aromatic heterocycles. The van der Waals surface area contributed by atoms with Crippen LogP contribution in [-0.2, 0) is 0 Å². The molecule has 0 aliphatic heterocycles. The minimum atomic E-state index is -0.566. The van der Waals surface area contributed by atoms with Gasteiger partial charge in [-0.05, 0) is 26.0 Å². The van der Waals surface area contributed by atoms with Crippen molar-refractivity contribution < 1.29 is 8.78 Å². The molecule has 0 bridgehead atoms. The van der Waals surface area contributed by atoms with Crippen molar-refractivity contribution in [2.75, 3.05) is 0 Å². The number of halogens is 2. The lowest BCUT2D eigenvalue weighted by Crippen LogP contribution is -1.88. The summed E-state index contributed by atoms with van der Waals surface area (Å²) in [6, 6.07) is 3.83. The normalized spacial score (nSPS) is 10.7. The van der Waals surface area contributed by atoms with Gasteiger partial charge < -0.3 is 0 Å². The minimum Gasteiger partial charge on any atom is -0.241 e. The standard InChI is InChI=1S/C11H9F2NS/c1-6-7(2)15-11(14-6)10-8(12)4-3-5-9(10)13/h3-5H,1-2H3. The zero-order chi connectivity index (χ0) is 11.0. The summed E-state index contributed by atoms with van der Waals surface area (Å²) in [6.45, 7) is 3.71. The number of thiazole rings is 1. The van der Waals surface area contributed by atoms with Gasteiger partial charge in [-0.1, -0.05) is 6.07 Å². The van der Waals surface area contributed by atoms with Gasteiger partial charge in [0, 0.05) is 4.88 Å². The van der Waals surface area contributed by atoms with Gasteiger partial charge in [0.25, 0.3) is 0 Å². The van der Waals surface area contributed by atoms with Crippen LogP contribution < -0.4 is 0 Å². The summed E-state index contributed by atoms with van der Waals surface area (Å²) in [6.07, 6.45) is 0. The highest BCUT2D eigenvalue weighted by Crippen LogP contribution is 2.31. The molecule has 0 aliphatic rings. The Balaban J connectivity index is 2.63. The molecule has 0 fully saturated rings. The third kappa shape index (κ3) is 1.77. The van der Waals surface area contributed by atoms with E-state index in [1.54, 1.807) is 0 Å². The summed E-state index contributed by atoms with van der Waals surface area (Å²) < 4.78 is 26.8. The van der Waals surface area contributed by atoms with Crippen molar-refractivity contribution in [2.24, 2.45) is 0 Å². The first-order chi connectivity index (χ1) is 7.09. The number of hydrogen-bond acceptors (Lipinski definition) is 2. The Bertz CT molecular complexity index is 466. The van der Waals surface area contributed by atoms with Gasteiger partial charge in [0.05, 0.1) is 11.3 Å². The van der Waals surface area contributed by atoms with E-state index in [1.165, 1.54) is 29.5 Å². The maximum Gasteiger partial charge on any atom is 0.136 e. The minimum absolute atomic E-state index is 0.0290.